The lowest BCUT2D eigenvalue weighted by Crippen LogP contribution is -2.50. The number of sulfonamides is 1. The summed E-state index contributed by atoms with van der Waals surface area (Å²) >= 11 is 0. The Labute approximate surface area is 268 Å². The van der Waals surface area contributed by atoms with Crippen LogP contribution in [0.25, 0.3) is 16.6 Å². The van der Waals surface area contributed by atoms with E-state index >= 15 is 0 Å². The number of aryl methyl sites for hydroxylation is 2. The molecule has 2 N–H and O–H groups in total. The van der Waals surface area contributed by atoms with Crippen LogP contribution in [0.4, 0.5) is 16.2 Å². The van der Waals surface area contributed by atoms with Gasteiger partial charge in [0.2, 0.25) is 10.0 Å². The molecular formula is C32H42N8O5S. The molecule has 0 spiro atoms. The average Bonchev–Trinajstić information content (AvgIpc) is 3.58. The summed E-state index contributed by atoms with van der Waals surface area (Å²) in [5.41, 5.74) is 3.99. The third kappa shape index (κ3) is 6.97. The van der Waals surface area contributed by atoms with Gasteiger partial charge in [-0.3, -0.25) is 9.48 Å². The summed E-state index contributed by atoms with van der Waals surface area (Å²) in [6, 6.07) is 5.89. The van der Waals surface area contributed by atoms with Crippen LogP contribution >= 0.6 is 0 Å². The molecule has 0 unspecified atom stereocenters. The highest BCUT2D eigenvalue weighted by Gasteiger charge is 2.41. The van der Waals surface area contributed by atoms with Crippen LogP contribution in [-0.2, 0) is 28.4 Å². The summed E-state index contributed by atoms with van der Waals surface area (Å²) in [6.45, 7) is 9.12. The predicted molar refractivity (Wildman–Crippen MR) is 177 cm³/mol. The first-order valence-electron chi connectivity index (χ1n) is 15.6. The Morgan fingerprint density at radius 1 is 1.07 bits per heavy atom. The second-order valence-corrected chi connectivity index (χ2v) is 15.3. The largest absolute Gasteiger partial charge is 0.444 e. The minimum absolute atomic E-state index is 0.0363. The lowest BCUT2D eigenvalue weighted by atomic mass is 10.0. The van der Waals surface area contributed by atoms with Crippen molar-refractivity contribution >= 4 is 49.9 Å². The van der Waals surface area contributed by atoms with Gasteiger partial charge in [0.05, 0.1) is 23.2 Å². The zero-order chi connectivity index (χ0) is 33.0. The topological polar surface area (TPSA) is 143 Å². The zero-order valence-electron chi connectivity index (χ0n) is 27.2. The number of piperidine rings is 1. The van der Waals surface area contributed by atoms with Gasteiger partial charge in [0.1, 0.15) is 16.8 Å². The number of carbonyl (C=O) groups is 2. The summed E-state index contributed by atoms with van der Waals surface area (Å²) in [4.78, 5) is 35.5. The molecule has 0 atom stereocenters. The van der Waals surface area contributed by atoms with Crippen molar-refractivity contribution in [3.05, 3.63) is 53.6 Å². The monoisotopic (exact) mass is 650 g/mol. The third-order valence-electron chi connectivity index (χ3n) is 8.29. The maximum Gasteiger partial charge on any atom is 0.410 e. The Morgan fingerprint density at radius 2 is 1.76 bits per heavy atom. The lowest BCUT2D eigenvalue weighted by molar-refractivity contribution is 0.0113. The SMILES string of the molecule is Cc1cn2cc(NC(=O)c3ccc(N4CCC(N(C(=O)OC(C)(C)C)C5CC5)CC4)c4cn(C)nc34)cc(CNS(C)(=O)=O)c2n1. The number of hydrogen-bond donors (Lipinski definition) is 2. The molecule has 2 fully saturated rings. The van der Waals surface area contributed by atoms with E-state index in [4.69, 9.17) is 4.74 Å². The molecule has 1 saturated heterocycles. The number of pyridine rings is 1. The molecule has 46 heavy (non-hydrogen) atoms. The number of imidazole rings is 1. The molecule has 0 radical (unpaired) electrons. The minimum Gasteiger partial charge on any atom is -0.444 e. The number of rotatable bonds is 8. The molecule has 1 saturated carbocycles. The van der Waals surface area contributed by atoms with E-state index in [2.05, 4.69) is 25.0 Å². The van der Waals surface area contributed by atoms with Crippen molar-refractivity contribution in [3.8, 4) is 0 Å². The fourth-order valence-electron chi connectivity index (χ4n) is 6.21. The molecule has 6 rings (SSSR count). The van der Waals surface area contributed by atoms with Gasteiger partial charge >= 0.3 is 6.09 Å². The van der Waals surface area contributed by atoms with Gasteiger partial charge in [-0.1, -0.05) is 0 Å². The normalized spacial score (nSPS) is 16.3. The molecule has 4 aromatic rings. The molecule has 0 bridgehead atoms. The van der Waals surface area contributed by atoms with E-state index in [0.717, 1.165) is 61.8 Å². The van der Waals surface area contributed by atoms with Crippen molar-refractivity contribution in [1.82, 2.24) is 28.8 Å². The van der Waals surface area contributed by atoms with Gasteiger partial charge in [-0.05, 0) is 71.6 Å². The van der Waals surface area contributed by atoms with Gasteiger partial charge in [0, 0.05) is 74.0 Å². The maximum absolute atomic E-state index is 13.7. The molecule has 2 aliphatic rings. The van der Waals surface area contributed by atoms with Crippen molar-refractivity contribution in [2.24, 2.45) is 7.05 Å². The van der Waals surface area contributed by atoms with E-state index in [-0.39, 0.29) is 30.6 Å². The molecule has 246 valence electrons. The number of aromatic nitrogens is 4. The number of nitrogens with zero attached hydrogens (tertiary/aromatic N) is 6. The van der Waals surface area contributed by atoms with Crippen LogP contribution in [0.2, 0.25) is 0 Å². The van der Waals surface area contributed by atoms with Gasteiger partial charge in [0.15, 0.2) is 0 Å². The van der Waals surface area contributed by atoms with E-state index < -0.39 is 15.6 Å². The minimum atomic E-state index is -3.43. The quantitative estimate of drug-likeness (QED) is 0.289. The van der Waals surface area contributed by atoms with Crippen molar-refractivity contribution < 1.29 is 22.7 Å². The Hall–Kier alpha value is -4.17. The summed E-state index contributed by atoms with van der Waals surface area (Å²) < 4.78 is 35.3. The third-order valence-corrected chi connectivity index (χ3v) is 8.95. The van der Waals surface area contributed by atoms with Crippen LogP contribution in [0.5, 0.6) is 0 Å². The smallest absolute Gasteiger partial charge is 0.410 e. The second kappa shape index (κ2) is 11.9. The molecule has 1 aromatic carbocycles. The molecule has 4 heterocycles. The van der Waals surface area contributed by atoms with Crippen molar-refractivity contribution in [2.45, 2.75) is 77.6 Å². The number of nitrogens with one attached hydrogen (secondary N) is 2. The Balaban J connectivity index is 1.21. The van der Waals surface area contributed by atoms with Crippen LogP contribution in [0.15, 0.2) is 36.8 Å². The molecule has 1 aliphatic carbocycles. The zero-order valence-corrected chi connectivity index (χ0v) is 28.0. The molecule has 2 amide bonds. The van der Waals surface area contributed by atoms with Gasteiger partial charge in [-0.25, -0.2) is 22.9 Å². The summed E-state index contributed by atoms with van der Waals surface area (Å²) in [5, 5.41) is 8.51. The summed E-state index contributed by atoms with van der Waals surface area (Å²) in [6.07, 6.45) is 10.1. The predicted octanol–water partition coefficient (Wildman–Crippen LogP) is 4.20. The van der Waals surface area contributed by atoms with Crippen molar-refractivity contribution in [3.63, 3.8) is 0 Å². The number of carbonyl (C=O) groups excluding carboxylic acids is 2. The standard InChI is InChI=1S/C32H42N8O5S/c1-20-17-39-18-22(15-21(29(39)34-20)16-33-46(6,43)44)35-30(41)25-9-10-27(26-19-37(5)36-28(25)26)38-13-11-24(12-14-38)40(23-7-8-23)31(42)45-32(2,3)4/h9-10,15,17-19,23-24,33H,7-8,11-14,16H2,1-6H3,(H,35,41). The molecule has 1 aliphatic heterocycles. The van der Waals surface area contributed by atoms with E-state index in [0.29, 0.717) is 28.0 Å². The number of anilines is 2. The number of amides is 2. The number of benzene rings is 1. The lowest BCUT2D eigenvalue weighted by Gasteiger charge is -2.40. The Morgan fingerprint density at radius 3 is 2.41 bits per heavy atom. The van der Waals surface area contributed by atoms with Crippen LogP contribution in [0.1, 0.15) is 68.1 Å². The van der Waals surface area contributed by atoms with Gasteiger partial charge < -0.3 is 24.3 Å². The van der Waals surface area contributed by atoms with Gasteiger partial charge in [0.25, 0.3) is 5.91 Å². The maximum atomic E-state index is 13.7. The number of fused-ring (bicyclic) bond motifs is 2. The number of ether oxygens (including phenoxy) is 1. The highest BCUT2D eigenvalue weighted by atomic mass is 32.2. The fourth-order valence-corrected chi connectivity index (χ4v) is 6.63. The van der Waals surface area contributed by atoms with Crippen molar-refractivity contribution in [2.75, 3.05) is 29.6 Å². The van der Waals surface area contributed by atoms with E-state index in [9.17, 15) is 18.0 Å². The summed E-state index contributed by atoms with van der Waals surface area (Å²) in [7, 11) is -1.59. The first kappa shape index (κ1) is 31.8. The fraction of sp³-hybridized carbons (Fsp3) is 0.500. The highest BCUT2D eigenvalue weighted by Crippen LogP contribution is 2.36. The van der Waals surface area contributed by atoms with Gasteiger partial charge in [-0.15, -0.1) is 0 Å². The van der Waals surface area contributed by atoms with Crippen LogP contribution in [-0.4, -0.2) is 81.5 Å². The Bertz CT molecular complexity index is 1910. The van der Waals surface area contributed by atoms with Crippen molar-refractivity contribution in [1.29, 1.82) is 0 Å². The molecule has 3 aromatic heterocycles. The first-order chi connectivity index (χ1) is 21.6. The van der Waals surface area contributed by atoms with Crippen LogP contribution < -0.4 is 14.9 Å². The molecular weight excluding hydrogens is 608 g/mol. The first-order valence-corrected chi connectivity index (χ1v) is 17.5. The molecule has 14 heteroatoms. The van der Waals surface area contributed by atoms with E-state index in [1.54, 1.807) is 27.4 Å². The second-order valence-electron chi connectivity index (χ2n) is 13.4. The van der Waals surface area contributed by atoms with E-state index in [1.165, 1.54) is 0 Å². The summed E-state index contributed by atoms with van der Waals surface area (Å²) in [5.74, 6) is -0.329. The van der Waals surface area contributed by atoms with E-state index in [1.807, 2.05) is 58.1 Å². The number of hydrogen-bond acceptors (Lipinski definition) is 8. The van der Waals surface area contributed by atoms with Crippen LogP contribution in [0, 0.1) is 6.92 Å². The highest BCUT2D eigenvalue weighted by molar-refractivity contribution is 7.88. The van der Waals surface area contributed by atoms with Gasteiger partial charge in [-0.2, -0.15) is 5.10 Å². The van der Waals surface area contributed by atoms with Crippen LogP contribution in [0.3, 0.4) is 0 Å². The average molecular weight is 651 g/mol. The Kier molecular flexibility index (Phi) is 8.21. The molecule has 13 nitrogen and oxygen atoms in total.